The number of fused-ring (bicyclic) bond motifs is 1. The van der Waals surface area contributed by atoms with E-state index in [9.17, 15) is 13.2 Å². The number of carbonyl (C=O) groups excluding carboxylic acids is 1. The Bertz CT molecular complexity index is 652. The number of nitrogens with zero attached hydrogens (tertiary/aromatic N) is 3. The highest BCUT2D eigenvalue weighted by atomic mass is 32.2. The van der Waals surface area contributed by atoms with Crippen LogP contribution in [0.25, 0.3) is 0 Å². The second kappa shape index (κ2) is 5.40. The molecule has 3 heterocycles. The van der Waals surface area contributed by atoms with Crippen molar-refractivity contribution in [3.8, 4) is 0 Å². The Balaban J connectivity index is 1.68. The molecule has 8 heteroatoms. The molecule has 2 aliphatic heterocycles. The van der Waals surface area contributed by atoms with Crippen molar-refractivity contribution in [3.05, 3.63) is 11.6 Å². The molecule has 3 rings (SSSR count). The van der Waals surface area contributed by atoms with E-state index < -0.39 is 9.84 Å². The third-order valence-electron chi connectivity index (χ3n) is 4.24. The van der Waals surface area contributed by atoms with Crippen LogP contribution < -0.4 is 0 Å². The van der Waals surface area contributed by atoms with E-state index in [-0.39, 0.29) is 29.3 Å². The topological polar surface area (TPSA) is 91.2 Å². The summed E-state index contributed by atoms with van der Waals surface area (Å²) in [6.45, 7) is 0.658. The number of carbonyl (C=O) groups is 1. The summed E-state index contributed by atoms with van der Waals surface area (Å²) in [4.78, 5) is 16.1. The number of hydrogen-bond donors (Lipinski definition) is 0. The van der Waals surface area contributed by atoms with E-state index in [0.29, 0.717) is 38.1 Å². The van der Waals surface area contributed by atoms with Gasteiger partial charge >= 0.3 is 5.97 Å². The molecule has 7 nitrogen and oxygen atoms in total. The number of aromatic nitrogens is 3. The summed E-state index contributed by atoms with van der Waals surface area (Å²) >= 11 is 0. The van der Waals surface area contributed by atoms with Crippen LogP contribution in [-0.2, 0) is 38.8 Å². The van der Waals surface area contributed by atoms with E-state index in [4.69, 9.17) is 4.74 Å². The van der Waals surface area contributed by atoms with Gasteiger partial charge in [-0.2, -0.15) is 5.10 Å². The van der Waals surface area contributed by atoms with Crippen molar-refractivity contribution in [1.29, 1.82) is 0 Å². The number of esters is 1. The van der Waals surface area contributed by atoms with Crippen LogP contribution in [-0.4, -0.2) is 47.8 Å². The number of rotatable bonds is 3. The summed E-state index contributed by atoms with van der Waals surface area (Å²) in [5.74, 6) is 1.78. The summed E-state index contributed by atoms with van der Waals surface area (Å²) in [6, 6.07) is 0. The highest BCUT2D eigenvalue weighted by Crippen LogP contribution is 2.24. The summed E-state index contributed by atoms with van der Waals surface area (Å²) in [7, 11) is -1.47. The molecule has 1 aromatic heterocycles. The SMILES string of the molecule is COC(=O)C1CCn2nc(CC3CCS(=O)(=O)C3)nc2C1. The quantitative estimate of drug-likeness (QED) is 0.729. The van der Waals surface area contributed by atoms with Crippen LogP contribution in [0.2, 0.25) is 0 Å². The van der Waals surface area contributed by atoms with Gasteiger partial charge in [0.25, 0.3) is 0 Å². The third-order valence-corrected chi connectivity index (χ3v) is 6.08. The van der Waals surface area contributed by atoms with Crippen LogP contribution in [0.5, 0.6) is 0 Å². The smallest absolute Gasteiger partial charge is 0.309 e. The average molecular weight is 313 g/mol. The zero-order chi connectivity index (χ0) is 15.0. The van der Waals surface area contributed by atoms with Gasteiger partial charge in [-0.05, 0) is 18.8 Å². The molecule has 1 saturated heterocycles. The van der Waals surface area contributed by atoms with Crippen molar-refractivity contribution < 1.29 is 17.9 Å². The zero-order valence-electron chi connectivity index (χ0n) is 12.0. The molecule has 2 aliphatic rings. The normalized spacial score (nSPS) is 27.3. The molecule has 0 aromatic carbocycles. The fraction of sp³-hybridized carbons (Fsp3) is 0.769. The van der Waals surface area contributed by atoms with E-state index in [1.165, 1.54) is 7.11 Å². The zero-order valence-corrected chi connectivity index (χ0v) is 12.8. The first kappa shape index (κ1) is 14.5. The monoisotopic (exact) mass is 313 g/mol. The number of sulfone groups is 1. The van der Waals surface area contributed by atoms with Crippen molar-refractivity contribution >= 4 is 15.8 Å². The van der Waals surface area contributed by atoms with E-state index in [1.807, 2.05) is 4.68 Å². The van der Waals surface area contributed by atoms with Crippen molar-refractivity contribution in [2.45, 2.75) is 32.2 Å². The van der Waals surface area contributed by atoms with E-state index in [2.05, 4.69) is 10.1 Å². The van der Waals surface area contributed by atoms with E-state index >= 15 is 0 Å². The maximum absolute atomic E-state index is 11.6. The van der Waals surface area contributed by atoms with Crippen LogP contribution in [0.3, 0.4) is 0 Å². The van der Waals surface area contributed by atoms with Gasteiger partial charge in [-0.3, -0.25) is 4.79 Å². The van der Waals surface area contributed by atoms with Crippen LogP contribution in [0.4, 0.5) is 0 Å². The minimum Gasteiger partial charge on any atom is -0.469 e. The Labute approximate surface area is 123 Å². The van der Waals surface area contributed by atoms with Crippen LogP contribution in [0, 0.1) is 11.8 Å². The highest BCUT2D eigenvalue weighted by molar-refractivity contribution is 7.91. The van der Waals surface area contributed by atoms with Gasteiger partial charge in [0.2, 0.25) is 0 Å². The fourth-order valence-corrected chi connectivity index (χ4v) is 4.96. The largest absolute Gasteiger partial charge is 0.469 e. The molecule has 21 heavy (non-hydrogen) atoms. The van der Waals surface area contributed by atoms with E-state index in [0.717, 1.165) is 5.82 Å². The molecule has 0 N–H and O–H groups in total. The van der Waals surface area contributed by atoms with Gasteiger partial charge in [-0.25, -0.2) is 18.1 Å². The summed E-state index contributed by atoms with van der Waals surface area (Å²) in [5.41, 5.74) is 0. The molecule has 0 amide bonds. The lowest BCUT2D eigenvalue weighted by Crippen LogP contribution is -2.27. The minimum atomic E-state index is -2.86. The minimum absolute atomic E-state index is 0.121. The molecule has 0 spiro atoms. The molecular weight excluding hydrogens is 294 g/mol. The molecule has 1 fully saturated rings. The fourth-order valence-electron chi connectivity index (χ4n) is 3.10. The number of ether oxygens (including phenoxy) is 1. The Hall–Kier alpha value is -1.44. The summed E-state index contributed by atoms with van der Waals surface area (Å²) < 4.78 is 29.6. The molecule has 0 saturated carbocycles. The summed E-state index contributed by atoms with van der Waals surface area (Å²) in [5, 5.41) is 4.44. The number of hydrogen-bond acceptors (Lipinski definition) is 6. The van der Waals surface area contributed by atoms with Crippen LogP contribution in [0.15, 0.2) is 0 Å². The predicted molar refractivity (Wildman–Crippen MR) is 74.3 cm³/mol. The molecule has 0 bridgehead atoms. The standard InChI is InChI=1S/C13H19N3O4S/c1-20-13(17)10-2-4-16-12(7-10)14-11(15-16)6-9-3-5-21(18,19)8-9/h9-10H,2-8H2,1H3. The van der Waals surface area contributed by atoms with Gasteiger partial charge < -0.3 is 4.74 Å². The Morgan fingerprint density at radius 3 is 2.90 bits per heavy atom. The predicted octanol–water partition coefficient (Wildman–Crippen LogP) is -0.00930. The second-order valence-corrected chi connectivity index (χ2v) is 8.08. The lowest BCUT2D eigenvalue weighted by atomic mass is 9.98. The van der Waals surface area contributed by atoms with Crippen molar-refractivity contribution in [3.63, 3.8) is 0 Å². The lowest BCUT2D eigenvalue weighted by molar-refractivity contribution is -0.146. The first-order chi connectivity index (χ1) is 9.97. The maximum Gasteiger partial charge on any atom is 0.309 e. The van der Waals surface area contributed by atoms with Gasteiger partial charge in [-0.15, -0.1) is 0 Å². The van der Waals surface area contributed by atoms with Crippen molar-refractivity contribution in [1.82, 2.24) is 14.8 Å². The molecule has 116 valence electrons. The molecule has 0 aliphatic carbocycles. The average Bonchev–Trinajstić information content (AvgIpc) is 2.99. The van der Waals surface area contributed by atoms with Gasteiger partial charge in [0, 0.05) is 19.4 Å². The lowest BCUT2D eigenvalue weighted by Gasteiger charge is -2.19. The van der Waals surface area contributed by atoms with Crippen LogP contribution >= 0.6 is 0 Å². The molecule has 0 radical (unpaired) electrons. The molecule has 1 aromatic rings. The number of methoxy groups -OCH3 is 1. The first-order valence-electron chi connectivity index (χ1n) is 7.17. The molecular formula is C13H19N3O4S. The van der Waals surface area contributed by atoms with Gasteiger partial charge in [0.1, 0.15) is 5.82 Å². The van der Waals surface area contributed by atoms with Crippen molar-refractivity contribution in [2.24, 2.45) is 11.8 Å². The maximum atomic E-state index is 11.6. The van der Waals surface area contributed by atoms with Crippen LogP contribution in [0.1, 0.15) is 24.5 Å². The third kappa shape index (κ3) is 3.09. The van der Waals surface area contributed by atoms with Crippen molar-refractivity contribution in [2.75, 3.05) is 18.6 Å². The van der Waals surface area contributed by atoms with Gasteiger partial charge in [0.15, 0.2) is 15.7 Å². The second-order valence-electron chi connectivity index (χ2n) is 5.85. The molecule has 2 unspecified atom stereocenters. The Morgan fingerprint density at radius 2 is 2.24 bits per heavy atom. The summed E-state index contributed by atoms with van der Waals surface area (Å²) in [6.07, 6.45) is 2.54. The highest BCUT2D eigenvalue weighted by Gasteiger charge is 2.31. The van der Waals surface area contributed by atoms with Gasteiger partial charge in [-0.1, -0.05) is 0 Å². The Morgan fingerprint density at radius 1 is 1.43 bits per heavy atom. The first-order valence-corrected chi connectivity index (χ1v) is 9.00. The molecule has 2 atom stereocenters. The van der Waals surface area contributed by atoms with E-state index in [1.54, 1.807) is 0 Å². The Kier molecular flexibility index (Phi) is 3.73. The number of aryl methyl sites for hydroxylation is 1. The van der Waals surface area contributed by atoms with Gasteiger partial charge in [0.05, 0.1) is 24.5 Å².